The number of alkyl halides is 8. The average Bonchev–Trinajstić information content (AvgIpc) is 3.34. The summed E-state index contributed by atoms with van der Waals surface area (Å²) in [7, 11) is 0. The van der Waals surface area contributed by atoms with Gasteiger partial charge in [-0.1, -0.05) is 6.07 Å². The van der Waals surface area contributed by atoms with Crippen LogP contribution in [0.1, 0.15) is 36.2 Å². The molecular formula is C24H27F8N5O5. The van der Waals surface area contributed by atoms with E-state index in [9.17, 15) is 39.9 Å². The van der Waals surface area contributed by atoms with E-state index in [2.05, 4.69) is 15.2 Å². The van der Waals surface area contributed by atoms with Gasteiger partial charge in [0.25, 0.3) is 5.92 Å². The molecule has 42 heavy (non-hydrogen) atoms. The number of carbonyl (C=O) groups is 3. The fourth-order valence-electron chi connectivity index (χ4n) is 4.65. The van der Waals surface area contributed by atoms with Crippen LogP contribution in [-0.4, -0.2) is 90.9 Å². The summed E-state index contributed by atoms with van der Waals surface area (Å²) in [4.78, 5) is 39.0. The zero-order valence-corrected chi connectivity index (χ0v) is 22.0. The van der Waals surface area contributed by atoms with Crippen molar-refractivity contribution in [1.82, 2.24) is 25.0 Å². The number of pyridine rings is 1. The van der Waals surface area contributed by atoms with E-state index < -0.39 is 35.6 Å². The molecule has 0 aromatic carbocycles. The summed E-state index contributed by atoms with van der Waals surface area (Å²) in [6.07, 6.45) is -5.97. The Bertz CT molecular complexity index is 1200. The third-order valence-corrected chi connectivity index (χ3v) is 6.15. The Kier molecular flexibility index (Phi) is 11.0. The molecular weight excluding hydrogens is 590 g/mol. The number of H-pyrrole nitrogens is 1. The minimum atomic E-state index is -5.08. The number of aromatic amines is 1. The summed E-state index contributed by atoms with van der Waals surface area (Å²) < 4.78 is 92.8. The molecule has 0 bridgehead atoms. The largest absolute Gasteiger partial charge is 0.490 e. The second-order valence-electron chi connectivity index (χ2n) is 9.77. The highest BCUT2D eigenvalue weighted by Crippen LogP contribution is 2.45. The number of carbonyl (C=O) groups excluding carboxylic acids is 1. The molecule has 2 fully saturated rings. The summed E-state index contributed by atoms with van der Waals surface area (Å²) in [5, 5.41) is 20.9. The van der Waals surface area contributed by atoms with E-state index in [1.807, 2.05) is 25.1 Å². The predicted octanol–water partition coefficient (Wildman–Crippen LogP) is 4.03. The molecule has 1 atom stereocenters. The molecule has 4 heterocycles. The van der Waals surface area contributed by atoms with E-state index in [1.54, 1.807) is 22.2 Å². The number of aliphatic carboxylic acids is 2. The Morgan fingerprint density at radius 1 is 1.02 bits per heavy atom. The number of hydrogen-bond donors (Lipinski definition) is 3. The highest BCUT2D eigenvalue weighted by molar-refractivity contribution is 5.84. The predicted molar refractivity (Wildman–Crippen MR) is 127 cm³/mol. The molecule has 18 heteroatoms. The zero-order chi connectivity index (χ0) is 31.9. The van der Waals surface area contributed by atoms with Crippen LogP contribution in [-0.2, 0) is 27.5 Å². The average molecular weight is 617 g/mol. The first kappa shape index (κ1) is 34.4. The van der Waals surface area contributed by atoms with Gasteiger partial charge in [-0.15, -0.1) is 0 Å². The molecule has 0 saturated carbocycles. The van der Waals surface area contributed by atoms with Crippen molar-refractivity contribution in [1.29, 1.82) is 0 Å². The van der Waals surface area contributed by atoms with Crippen LogP contribution < -0.4 is 0 Å². The highest BCUT2D eigenvalue weighted by atomic mass is 19.4. The van der Waals surface area contributed by atoms with Crippen LogP contribution in [0.5, 0.6) is 0 Å². The van der Waals surface area contributed by atoms with Gasteiger partial charge in [0.05, 0.1) is 30.4 Å². The van der Waals surface area contributed by atoms with Crippen molar-refractivity contribution in [3.8, 4) is 0 Å². The number of carboxylic acids is 2. The van der Waals surface area contributed by atoms with Crippen molar-refractivity contribution in [2.45, 2.75) is 57.6 Å². The van der Waals surface area contributed by atoms with Gasteiger partial charge in [0.2, 0.25) is 5.91 Å². The monoisotopic (exact) mass is 617 g/mol. The number of nitrogens with zero attached hydrogens (tertiary/aromatic N) is 4. The molecule has 2 saturated heterocycles. The summed E-state index contributed by atoms with van der Waals surface area (Å²) in [6, 6.07) is 5.68. The molecule has 4 rings (SSSR count). The molecule has 1 spiro atoms. The fourth-order valence-corrected chi connectivity index (χ4v) is 4.65. The number of halogens is 8. The molecule has 3 N–H and O–H groups in total. The lowest BCUT2D eigenvalue weighted by molar-refractivity contribution is -0.193. The van der Waals surface area contributed by atoms with E-state index in [4.69, 9.17) is 19.8 Å². The van der Waals surface area contributed by atoms with Gasteiger partial charge in [0.15, 0.2) is 0 Å². The van der Waals surface area contributed by atoms with Gasteiger partial charge in [-0.05, 0) is 31.9 Å². The fraction of sp³-hybridized carbons (Fsp3) is 0.542. The second-order valence-corrected chi connectivity index (χ2v) is 9.77. The van der Waals surface area contributed by atoms with E-state index in [-0.39, 0.29) is 18.9 Å². The molecule has 2 aliphatic heterocycles. The number of aromatic nitrogens is 3. The van der Waals surface area contributed by atoms with Gasteiger partial charge in [-0.2, -0.15) is 31.4 Å². The lowest BCUT2D eigenvalue weighted by Gasteiger charge is -2.49. The molecule has 2 aromatic heterocycles. The van der Waals surface area contributed by atoms with Gasteiger partial charge in [0.1, 0.15) is 0 Å². The zero-order valence-electron chi connectivity index (χ0n) is 22.0. The summed E-state index contributed by atoms with van der Waals surface area (Å²) >= 11 is 0. The number of amides is 1. The Hall–Kier alpha value is -3.83. The van der Waals surface area contributed by atoms with Gasteiger partial charge in [0, 0.05) is 43.5 Å². The maximum atomic E-state index is 14.6. The molecule has 10 nitrogen and oxygen atoms in total. The van der Waals surface area contributed by atoms with Crippen LogP contribution >= 0.6 is 0 Å². The maximum Gasteiger partial charge on any atom is 0.490 e. The quantitative estimate of drug-likeness (QED) is 0.437. The minimum absolute atomic E-state index is 0.168. The first-order valence-electron chi connectivity index (χ1n) is 12.1. The van der Waals surface area contributed by atoms with Crippen LogP contribution in [0.25, 0.3) is 0 Å². The third-order valence-electron chi connectivity index (χ3n) is 6.15. The van der Waals surface area contributed by atoms with Crippen molar-refractivity contribution >= 4 is 17.8 Å². The van der Waals surface area contributed by atoms with Gasteiger partial charge >= 0.3 is 24.3 Å². The third kappa shape index (κ3) is 10.2. The van der Waals surface area contributed by atoms with Crippen molar-refractivity contribution in [2.24, 2.45) is 5.41 Å². The Balaban J connectivity index is 0.000000367. The summed E-state index contributed by atoms with van der Waals surface area (Å²) in [6.45, 7) is 3.25. The number of carboxylic acid groups (broad SMARTS) is 2. The molecule has 2 aliphatic rings. The number of piperidine rings is 2. The van der Waals surface area contributed by atoms with Crippen molar-refractivity contribution in [3.05, 3.63) is 47.5 Å². The van der Waals surface area contributed by atoms with E-state index in [0.717, 1.165) is 23.4 Å². The van der Waals surface area contributed by atoms with E-state index in [1.165, 1.54) is 0 Å². The van der Waals surface area contributed by atoms with Crippen LogP contribution in [0.2, 0.25) is 0 Å². The topological polar surface area (TPSA) is 140 Å². The van der Waals surface area contributed by atoms with Gasteiger partial charge < -0.3 is 15.1 Å². The number of nitrogens with one attached hydrogen (secondary N) is 1. The first-order chi connectivity index (χ1) is 19.2. The van der Waals surface area contributed by atoms with E-state index in [0.29, 0.717) is 32.6 Å². The molecule has 1 amide bonds. The molecule has 0 aliphatic carbocycles. The standard InChI is InChI=1S/C20H25F2N5O.2C2HF3O2/c1-15-4-2-5-17(25-15)11-27-7-3-6-19(18(27)28)12-20(21,22)14-26(13-19)10-16-8-23-24-9-16;2*3-2(4,5)1(6)7/h2,4-5,8-9H,3,6-7,10-14H2,1H3,(H,23,24);2*(H,6,7). The van der Waals surface area contributed by atoms with E-state index >= 15 is 0 Å². The summed E-state index contributed by atoms with van der Waals surface area (Å²) in [5.74, 6) is -8.57. The molecule has 234 valence electrons. The number of rotatable bonds is 4. The number of likely N-dealkylation sites (tertiary alicyclic amines) is 2. The number of hydrogen-bond acceptors (Lipinski definition) is 6. The van der Waals surface area contributed by atoms with Crippen molar-refractivity contribution in [2.75, 3.05) is 19.6 Å². The van der Waals surface area contributed by atoms with Crippen LogP contribution in [0.15, 0.2) is 30.6 Å². The Morgan fingerprint density at radius 3 is 2.12 bits per heavy atom. The maximum absolute atomic E-state index is 14.6. The smallest absolute Gasteiger partial charge is 0.475 e. The van der Waals surface area contributed by atoms with Crippen molar-refractivity contribution < 1.29 is 59.7 Å². The normalized spacial score (nSPS) is 20.7. The second kappa shape index (κ2) is 13.4. The molecule has 2 aromatic rings. The Labute approximate surface area is 233 Å². The van der Waals surface area contributed by atoms with Crippen LogP contribution in [0.3, 0.4) is 0 Å². The van der Waals surface area contributed by atoms with Crippen LogP contribution in [0, 0.1) is 12.3 Å². The molecule has 0 radical (unpaired) electrons. The molecule has 1 unspecified atom stereocenters. The van der Waals surface area contributed by atoms with Gasteiger partial charge in [-0.3, -0.25) is 19.8 Å². The first-order valence-corrected chi connectivity index (χ1v) is 12.1. The lowest BCUT2D eigenvalue weighted by Crippen LogP contribution is -2.60. The van der Waals surface area contributed by atoms with Gasteiger partial charge in [-0.25, -0.2) is 18.4 Å². The van der Waals surface area contributed by atoms with Crippen molar-refractivity contribution in [3.63, 3.8) is 0 Å². The SMILES string of the molecule is Cc1cccc(CN2CCCC3(CN(Cc4cn[nH]c4)CC(F)(F)C3)C2=O)n1.O=C(O)C(F)(F)F.O=C(O)C(F)(F)F. The Morgan fingerprint density at radius 2 is 1.62 bits per heavy atom. The van der Waals surface area contributed by atoms with Crippen LogP contribution in [0.4, 0.5) is 35.1 Å². The lowest BCUT2D eigenvalue weighted by atomic mass is 9.71. The number of aryl methyl sites for hydroxylation is 1. The summed E-state index contributed by atoms with van der Waals surface area (Å²) in [5.41, 5.74) is 1.49. The minimum Gasteiger partial charge on any atom is -0.475 e. The highest BCUT2D eigenvalue weighted by Gasteiger charge is 2.55.